The summed E-state index contributed by atoms with van der Waals surface area (Å²) in [5.74, 6) is -2.05. The zero-order chi connectivity index (χ0) is 21.1. The first-order valence-corrected chi connectivity index (χ1v) is 10.3. The second-order valence-electron chi connectivity index (χ2n) is 8.24. The van der Waals surface area contributed by atoms with E-state index < -0.39 is 29.9 Å². The van der Waals surface area contributed by atoms with Crippen LogP contribution in [0.4, 0.5) is 0 Å². The quantitative estimate of drug-likeness (QED) is 0.561. The predicted molar refractivity (Wildman–Crippen MR) is 106 cm³/mol. The molecule has 1 aromatic carbocycles. The molecule has 2 aliphatic rings. The summed E-state index contributed by atoms with van der Waals surface area (Å²) in [4.78, 5) is 51.9. The number of benzene rings is 1. The highest BCUT2D eigenvalue weighted by molar-refractivity contribution is 6.22. The first kappa shape index (κ1) is 21.0. The molecular formula is C22H28N2O5. The molecule has 0 saturated heterocycles. The van der Waals surface area contributed by atoms with Crippen LogP contribution in [-0.2, 0) is 14.3 Å². The molecule has 1 fully saturated rings. The number of carbonyl (C=O) groups excluding carboxylic acids is 4. The first-order chi connectivity index (χ1) is 13.8. The maximum atomic E-state index is 12.9. The monoisotopic (exact) mass is 400 g/mol. The fraction of sp³-hybridized carbons (Fsp3) is 0.545. The Kier molecular flexibility index (Phi) is 6.35. The van der Waals surface area contributed by atoms with E-state index in [1.807, 2.05) is 13.8 Å². The Balaban J connectivity index is 1.73. The summed E-state index contributed by atoms with van der Waals surface area (Å²) in [6.07, 6.45) is 3.29. The third-order valence-electron chi connectivity index (χ3n) is 5.47. The number of fused-ring (bicyclic) bond motifs is 1. The maximum Gasteiger partial charge on any atom is 0.330 e. The van der Waals surface area contributed by atoms with Crippen molar-refractivity contribution in [3.05, 3.63) is 35.4 Å². The second-order valence-corrected chi connectivity index (χ2v) is 8.24. The molecular weight excluding hydrogens is 372 g/mol. The lowest BCUT2D eigenvalue weighted by molar-refractivity contribution is -0.159. The average molecular weight is 400 g/mol. The number of nitrogens with zero attached hydrogens (tertiary/aromatic N) is 1. The van der Waals surface area contributed by atoms with Crippen LogP contribution in [0, 0.1) is 5.92 Å². The average Bonchev–Trinajstić information content (AvgIpc) is 3.27. The third-order valence-corrected chi connectivity index (χ3v) is 5.47. The molecule has 0 spiro atoms. The summed E-state index contributed by atoms with van der Waals surface area (Å²) in [6.45, 7) is 5.31. The van der Waals surface area contributed by atoms with Gasteiger partial charge in [-0.25, -0.2) is 4.79 Å². The van der Waals surface area contributed by atoms with E-state index in [1.54, 1.807) is 24.3 Å². The van der Waals surface area contributed by atoms with Crippen molar-refractivity contribution in [3.8, 4) is 0 Å². The van der Waals surface area contributed by atoms with Crippen LogP contribution in [0.5, 0.6) is 0 Å². The molecule has 3 rings (SSSR count). The molecule has 0 unspecified atom stereocenters. The van der Waals surface area contributed by atoms with Gasteiger partial charge in [0.05, 0.1) is 11.1 Å². The fourth-order valence-corrected chi connectivity index (χ4v) is 3.94. The molecule has 29 heavy (non-hydrogen) atoms. The normalized spacial score (nSPS) is 18.7. The lowest BCUT2D eigenvalue weighted by Crippen LogP contribution is -2.49. The number of nitrogens with one attached hydrogen (secondary N) is 1. The van der Waals surface area contributed by atoms with Gasteiger partial charge in [0.25, 0.3) is 17.7 Å². The van der Waals surface area contributed by atoms with Crippen LogP contribution >= 0.6 is 0 Å². The Bertz CT molecular complexity index is 778. The van der Waals surface area contributed by atoms with Crippen LogP contribution in [0.15, 0.2) is 24.3 Å². The number of hydrogen-bond donors (Lipinski definition) is 1. The molecule has 1 aliphatic heterocycles. The number of ether oxygens (including phenoxy) is 1. The Morgan fingerprint density at radius 2 is 1.62 bits per heavy atom. The summed E-state index contributed by atoms with van der Waals surface area (Å²) in [5.41, 5.74) is 0.567. The lowest BCUT2D eigenvalue weighted by atomic mass is 10.0. The van der Waals surface area contributed by atoms with E-state index in [0.29, 0.717) is 0 Å². The molecule has 7 nitrogen and oxygen atoms in total. The van der Waals surface area contributed by atoms with Crippen LogP contribution < -0.4 is 5.32 Å². The van der Waals surface area contributed by atoms with Gasteiger partial charge in [-0.3, -0.25) is 19.3 Å². The highest BCUT2D eigenvalue weighted by Crippen LogP contribution is 2.27. The zero-order valence-corrected chi connectivity index (χ0v) is 17.1. The topological polar surface area (TPSA) is 92.8 Å². The molecule has 0 radical (unpaired) electrons. The van der Waals surface area contributed by atoms with Crippen molar-refractivity contribution in [3.63, 3.8) is 0 Å². The van der Waals surface area contributed by atoms with E-state index in [1.165, 1.54) is 6.92 Å². The molecule has 1 aliphatic carbocycles. The number of imide groups is 1. The van der Waals surface area contributed by atoms with Gasteiger partial charge in [0.15, 0.2) is 6.10 Å². The second kappa shape index (κ2) is 8.76. The van der Waals surface area contributed by atoms with E-state index in [4.69, 9.17) is 4.74 Å². The molecule has 7 heteroatoms. The summed E-state index contributed by atoms with van der Waals surface area (Å²) in [5, 5.41) is 2.90. The van der Waals surface area contributed by atoms with Gasteiger partial charge in [0.1, 0.15) is 6.04 Å². The van der Waals surface area contributed by atoms with Crippen molar-refractivity contribution >= 4 is 23.7 Å². The van der Waals surface area contributed by atoms with Crippen LogP contribution in [-0.4, -0.2) is 46.8 Å². The third kappa shape index (κ3) is 4.49. The van der Waals surface area contributed by atoms with Gasteiger partial charge in [0.2, 0.25) is 0 Å². The predicted octanol–water partition coefficient (Wildman–Crippen LogP) is 2.69. The molecule has 156 valence electrons. The molecule has 0 aromatic heterocycles. The highest BCUT2D eigenvalue weighted by atomic mass is 16.5. The van der Waals surface area contributed by atoms with E-state index in [0.717, 1.165) is 30.6 Å². The van der Waals surface area contributed by atoms with E-state index >= 15 is 0 Å². The number of carbonyl (C=O) groups is 4. The minimum Gasteiger partial charge on any atom is -0.451 e. The first-order valence-electron chi connectivity index (χ1n) is 10.3. The van der Waals surface area contributed by atoms with E-state index in [9.17, 15) is 19.2 Å². The molecule has 3 amide bonds. The number of amides is 3. The van der Waals surface area contributed by atoms with Crippen molar-refractivity contribution < 1.29 is 23.9 Å². The van der Waals surface area contributed by atoms with Crippen LogP contribution in [0.3, 0.4) is 0 Å². The van der Waals surface area contributed by atoms with Gasteiger partial charge < -0.3 is 10.1 Å². The highest BCUT2D eigenvalue weighted by Gasteiger charge is 2.44. The molecule has 1 saturated carbocycles. The van der Waals surface area contributed by atoms with Gasteiger partial charge in [-0.2, -0.15) is 0 Å². The van der Waals surface area contributed by atoms with Crippen LogP contribution in [0.25, 0.3) is 0 Å². The minimum absolute atomic E-state index is 0.0412. The van der Waals surface area contributed by atoms with Crippen molar-refractivity contribution in [1.29, 1.82) is 0 Å². The summed E-state index contributed by atoms with van der Waals surface area (Å²) < 4.78 is 5.40. The minimum atomic E-state index is -1.07. The standard InChI is InChI=1S/C22H28N2O5/c1-13(2)12-18(24-20(26)16-10-6-7-11-17(16)21(24)27)22(28)29-14(3)19(25)23-15-8-4-5-9-15/h6-7,10-11,13-15,18H,4-5,8-9,12H2,1-3H3,(H,23,25)/t14-,18-/m1/s1. The Hall–Kier alpha value is -2.70. The summed E-state index contributed by atoms with van der Waals surface area (Å²) in [6, 6.07) is 5.56. The maximum absolute atomic E-state index is 12.9. The molecule has 0 bridgehead atoms. The van der Waals surface area contributed by atoms with Gasteiger partial charge >= 0.3 is 5.97 Å². The Morgan fingerprint density at radius 1 is 1.07 bits per heavy atom. The number of esters is 1. The largest absolute Gasteiger partial charge is 0.451 e. The molecule has 1 aromatic rings. The number of rotatable bonds is 7. The van der Waals surface area contributed by atoms with Gasteiger partial charge in [-0.05, 0) is 44.2 Å². The smallest absolute Gasteiger partial charge is 0.330 e. The van der Waals surface area contributed by atoms with E-state index in [2.05, 4.69) is 5.32 Å². The Labute approximate surface area is 170 Å². The van der Waals surface area contributed by atoms with Crippen LogP contribution in [0.1, 0.15) is 73.6 Å². The molecule has 1 heterocycles. The molecule has 2 atom stereocenters. The zero-order valence-electron chi connectivity index (χ0n) is 17.1. The van der Waals surface area contributed by atoms with Gasteiger partial charge in [-0.1, -0.05) is 38.8 Å². The lowest BCUT2D eigenvalue weighted by Gasteiger charge is -2.27. The van der Waals surface area contributed by atoms with Crippen molar-refractivity contribution in [1.82, 2.24) is 10.2 Å². The van der Waals surface area contributed by atoms with Crippen molar-refractivity contribution in [2.45, 2.75) is 71.1 Å². The number of hydrogen-bond acceptors (Lipinski definition) is 5. The fourth-order valence-electron chi connectivity index (χ4n) is 3.94. The SMILES string of the molecule is CC(C)C[C@H](C(=O)O[C@H](C)C(=O)NC1CCCC1)N1C(=O)c2ccccc2C1=O. The summed E-state index contributed by atoms with van der Waals surface area (Å²) >= 11 is 0. The van der Waals surface area contributed by atoms with Gasteiger partial charge in [0, 0.05) is 6.04 Å². The van der Waals surface area contributed by atoms with Crippen molar-refractivity contribution in [2.75, 3.05) is 0 Å². The molecule has 1 N–H and O–H groups in total. The summed E-state index contributed by atoms with van der Waals surface area (Å²) in [7, 11) is 0. The van der Waals surface area contributed by atoms with Gasteiger partial charge in [-0.15, -0.1) is 0 Å². The Morgan fingerprint density at radius 3 is 2.14 bits per heavy atom. The van der Waals surface area contributed by atoms with Crippen LogP contribution in [0.2, 0.25) is 0 Å². The van der Waals surface area contributed by atoms with E-state index in [-0.39, 0.29) is 35.4 Å². The van der Waals surface area contributed by atoms with Crippen molar-refractivity contribution in [2.24, 2.45) is 5.92 Å².